The number of nitrogens with one attached hydrogen (secondary N) is 1. The Kier molecular flexibility index (Phi) is 5.01. The molecule has 2 aromatic carbocycles. The molecule has 0 aliphatic rings. The first-order valence-corrected chi connectivity index (χ1v) is 7.63. The minimum absolute atomic E-state index is 0.0485. The summed E-state index contributed by atoms with van der Waals surface area (Å²) < 4.78 is 27.4. The lowest BCUT2D eigenvalue weighted by Crippen LogP contribution is -2.35. The first-order chi connectivity index (χ1) is 9.85. The van der Waals surface area contributed by atoms with Crippen molar-refractivity contribution in [1.29, 1.82) is 0 Å². The van der Waals surface area contributed by atoms with Gasteiger partial charge >= 0.3 is 0 Å². The van der Waals surface area contributed by atoms with Crippen LogP contribution in [-0.4, -0.2) is 5.54 Å². The molecular weight excluding hydrogens is 288 g/mol. The highest BCUT2D eigenvalue weighted by Gasteiger charge is 2.14. The molecular formula is C17H19F2NS. The lowest BCUT2D eigenvalue weighted by atomic mass is 10.1. The van der Waals surface area contributed by atoms with Crippen molar-refractivity contribution >= 4 is 11.8 Å². The molecule has 2 aromatic rings. The molecule has 0 aliphatic heterocycles. The van der Waals surface area contributed by atoms with Crippen molar-refractivity contribution in [2.75, 3.05) is 0 Å². The third kappa shape index (κ3) is 4.83. The van der Waals surface area contributed by atoms with E-state index in [-0.39, 0.29) is 17.2 Å². The van der Waals surface area contributed by atoms with E-state index in [0.29, 0.717) is 16.3 Å². The van der Waals surface area contributed by atoms with Gasteiger partial charge in [-0.3, -0.25) is 0 Å². The molecule has 0 atom stereocenters. The highest BCUT2D eigenvalue weighted by atomic mass is 32.2. The van der Waals surface area contributed by atoms with Gasteiger partial charge in [0, 0.05) is 17.0 Å². The third-order valence-electron chi connectivity index (χ3n) is 2.87. The molecule has 1 N–H and O–H groups in total. The van der Waals surface area contributed by atoms with Gasteiger partial charge in [0.25, 0.3) is 0 Å². The van der Waals surface area contributed by atoms with E-state index in [2.05, 4.69) is 26.1 Å². The van der Waals surface area contributed by atoms with Crippen molar-refractivity contribution in [2.24, 2.45) is 0 Å². The summed E-state index contributed by atoms with van der Waals surface area (Å²) in [6, 6.07) is 11.2. The molecule has 0 heterocycles. The van der Waals surface area contributed by atoms with E-state index in [9.17, 15) is 8.78 Å². The van der Waals surface area contributed by atoms with Crippen LogP contribution in [-0.2, 0) is 6.54 Å². The van der Waals surface area contributed by atoms with Gasteiger partial charge in [0.1, 0.15) is 11.6 Å². The SMILES string of the molecule is CC(C)(C)NCc1cccc(F)c1Sc1cccc(F)c1. The van der Waals surface area contributed by atoms with E-state index < -0.39 is 0 Å². The Morgan fingerprint density at radius 1 is 1.05 bits per heavy atom. The molecule has 4 heteroatoms. The Morgan fingerprint density at radius 3 is 2.43 bits per heavy atom. The second kappa shape index (κ2) is 6.58. The average molecular weight is 307 g/mol. The van der Waals surface area contributed by atoms with Crippen molar-refractivity contribution in [1.82, 2.24) is 5.32 Å². The molecule has 0 saturated heterocycles. The predicted molar refractivity (Wildman–Crippen MR) is 83.5 cm³/mol. The summed E-state index contributed by atoms with van der Waals surface area (Å²) in [5.41, 5.74) is 0.826. The minimum atomic E-state index is -0.314. The van der Waals surface area contributed by atoms with Crippen LogP contribution in [0.5, 0.6) is 0 Å². The van der Waals surface area contributed by atoms with Gasteiger partial charge in [0.05, 0.1) is 4.90 Å². The fourth-order valence-corrected chi connectivity index (χ4v) is 2.81. The molecule has 0 unspecified atom stereocenters. The van der Waals surface area contributed by atoms with Gasteiger partial charge in [-0.25, -0.2) is 8.78 Å². The average Bonchev–Trinajstić information content (AvgIpc) is 2.39. The smallest absolute Gasteiger partial charge is 0.137 e. The Balaban J connectivity index is 2.25. The molecule has 112 valence electrons. The lowest BCUT2D eigenvalue weighted by Gasteiger charge is -2.21. The van der Waals surface area contributed by atoms with Crippen molar-refractivity contribution in [3.63, 3.8) is 0 Å². The van der Waals surface area contributed by atoms with E-state index in [1.54, 1.807) is 18.2 Å². The van der Waals surface area contributed by atoms with Gasteiger partial charge in [0.2, 0.25) is 0 Å². The maximum absolute atomic E-state index is 14.1. The van der Waals surface area contributed by atoms with E-state index >= 15 is 0 Å². The number of halogens is 2. The summed E-state index contributed by atoms with van der Waals surface area (Å²) in [6.45, 7) is 6.75. The van der Waals surface area contributed by atoms with Crippen molar-refractivity contribution in [2.45, 2.75) is 42.6 Å². The summed E-state index contributed by atoms with van der Waals surface area (Å²) in [5, 5.41) is 3.35. The Labute approximate surface area is 128 Å². The van der Waals surface area contributed by atoms with Crippen LogP contribution < -0.4 is 5.32 Å². The number of rotatable bonds is 4. The summed E-state index contributed by atoms with van der Waals surface area (Å²) in [4.78, 5) is 1.23. The molecule has 0 fully saturated rings. The van der Waals surface area contributed by atoms with Crippen LogP contribution in [0.25, 0.3) is 0 Å². The quantitative estimate of drug-likeness (QED) is 0.852. The van der Waals surface area contributed by atoms with Crippen molar-refractivity contribution < 1.29 is 8.78 Å². The number of hydrogen-bond acceptors (Lipinski definition) is 2. The molecule has 0 saturated carbocycles. The highest BCUT2D eigenvalue weighted by molar-refractivity contribution is 7.99. The summed E-state index contributed by atoms with van der Waals surface area (Å²) in [7, 11) is 0. The van der Waals surface area contributed by atoms with Crippen LogP contribution in [0.2, 0.25) is 0 Å². The third-order valence-corrected chi connectivity index (χ3v) is 4.02. The topological polar surface area (TPSA) is 12.0 Å². The van der Waals surface area contributed by atoms with Crippen LogP contribution in [0.15, 0.2) is 52.3 Å². The van der Waals surface area contributed by atoms with Gasteiger partial charge in [-0.15, -0.1) is 0 Å². The fourth-order valence-electron chi connectivity index (χ4n) is 1.82. The molecule has 0 spiro atoms. The summed E-state index contributed by atoms with van der Waals surface area (Å²) in [5.74, 6) is -0.594. The standard InChI is InChI=1S/C17H19F2NS/c1-17(2,3)20-11-12-6-4-9-15(19)16(12)21-14-8-5-7-13(18)10-14/h4-10,20H,11H2,1-3H3. The Morgan fingerprint density at radius 2 is 1.76 bits per heavy atom. The molecule has 0 radical (unpaired) electrons. The lowest BCUT2D eigenvalue weighted by molar-refractivity contribution is 0.421. The van der Waals surface area contributed by atoms with Gasteiger partial charge in [-0.1, -0.05) is 30.0 Å². The highest BCUT2D eigenvalue weighted by Crippen LogP contribution is 2.33. The molecule has 0 bridgehead atoms. The minimum Gasteiger partial charge on any atom is -0.308 e. The van der Waals surface area contributed by atoms with Crippen molar-refractivity contribution in [3.8, 4) is 0 Å². The van der Waals surface area contributed by atoms with Crippen molar-refractivity contribution in [3.05, 3.63) is 59.7 Å². The maximum Gasteiger partial charge on any atom is 0.137 e. The number of hydrogen-bond donors (Lipinski definition) is 1. The number of benzene rings is 2. The van der Waals surface area contributed by atoms with Crippen LogP contribution in [0.4, 0.5) is 8.78 Å². The zero-order valence-corrected chi connectivity index (χ0v) is 13.2. The molecule has 2 rings (SSSR count). The van der Waals surface area contributed by atoms with Crippen LogP contribution in [0.1, 0.15) is 26.3 Å². The second-order valence-corrected chi connectivity index (χ2v) is 6.97. The fraction of sp³-hybridized carbons (Fsp3) is 0.294. The Bertz CT molecular complexity index is 620. The summed E-state index contributed by atoms with van der Waals surface area (Å²) >= 11 is 1.25. The zero-order valence-electron chi connectivity index (χ0n) is 12.4. The molecule has 0 amide bonds. The van der Waals surface area contributed by atoms with Crippen LogP contribution in [0.3, 0.4) is 0 Å². The maximum atomic E-state index is 14.1. The largest absolute Gasteiger partial charge is 0.308 e. The van der Waals surface area contributed by atoms with E-state index in [4.69, 9.17) is 0 Å². The molecule has 1 nitrogen and oxygen atoms in total. The first-order valence-electron chi connectivity index (χ1n) is 6.81. The van der Waals surface area contributed by atoms with E-state index in [0.717, 1.165) is 5.56 Å². The van der Waals surface area contributed by atoms with Gasteiger partial charge < -0.3 is 5.32 Å². The normalized spacial score (nSPS) is 11.7. The second-order valence-electron chi connectivity index (χ2n) is 5.89. The zero-order chi connectivity index (χ0) is 15.5. The van der Waals surface area contributed by atoms with Crippen LogP contribution >= 0.6 is 11.8 Å². The monoisotopic (exact) mass is 307 g/mol. The molecule has 21 heavy (non-hydrogen) atoms. The summed E-state index contributed by atoms with van der Waals surface area (Å²) in [6.07, 6.45) is 0. The predicted octanol–water partition coefficient (Wildman–Crippen LogP) is 5.00. The van der Waals surface area contributed by atoms with Gasteiger partial charge in [-0.05, 0) is 50.6 Å². The van der Waals surface area contributed by atoms with Gasteiger partial charge in [-0.2, -0.15) is 0 Å². The van der Waals surface area contributed by atoms with E-state index in [1.165, 1.54) is 30.0 Å². The van der Waals surface area contributed by atoms with Gasteiger partial charge in [0.15, 0.2) is 0 Å². The molecule has 0 aliphatic carbocycles. The Hall–Kier alpha value is -1.39. The van der Waals surface area contributed by atoms with E-state index in [1.807, 2.05) is 6.07 Å². The molecule has 0 aromatic heterocycles. The van der Waals surface area contributed by atoms with Crippen LogP contribution in [0, 0.1) is 11.6 Å². The first kappa shape index (κ1) is 16.0.